The summed E-state index contributed by atoms with van der Waals surface area (Å²) >= 11 is 0. The first-order chi connectivity index (χ1) is 17.4. The van der Waals surface area contributed by atoms with Crippen molar-refractivity contribution < 1.29 is 22.7 Å². The van der Waals surface area contributed by atoms with Crippen molar-refractivity contribution in [3.63, 3.8) is 0 Å². The summed E-state index contributed by atoms with van der Waals surface area (Å²) in [5.74, 6) is 0.274. The highest BCUT2D eigenvalue weighted by Crippen LogP contribution is 2.31. The molecule has 188 valence electrons. The van der Waals surface area contributed by atoms with Gasteiger partial charge in [0.2, 0.25) is 0 Å². The van der Waals surface area contributed by atoms with E-state index in [-0.39, 0.29) is 11.7 Å². The van der Waals surface area contributed by atoms with Gasteiger partial charge >= 0.3 is 6.18 Å². The van der Waals surface area contributed by atoms with Crippen LogP contribution in [0.3, 0.4) is 0 Å². The number of carbonyl (C=O) groups is 1. The maximum absolute atomic E-state index is 13.0. The molecule has 3 aromatic rings. The molecule has 5 nitrogen and oxygen atoms in total. The van der Waals surface area contributed by atoms with Gasteiger partial charge in [-0.25, -0.2) is 0 Å². The van der Waals surface area contributed by atoms with Crippen molar-refractivity contribution in [2.24, 2.45) is 0 Å². The zero-order valence-corrected chi connectivity index (χ0v) is 19.9. The second-order valence-electron chi connectivity index (χ2n) is 9.17. The quantitative estimate of drug-likeness (QED) is 0.474. The van der Waals surface area contributed by atoms with Crippen molar-refractivity contribution in [2.45, 2.75) is 19.1 Å². The van der Waals surface area contributed by atoms with Gasteiger partial charge in [-0.05, 0) is 47.9 Å². The van der Waals surface area contributed by atoms with Gasteiger partial charge < -0.3 is 14.5 Å². The van der Waals surface area contributed by atoms with Crippen LogP contribution < -0.4 is 14.5 Å². The summed E-state index contributed by atoms with van der Waals surface area (Å²) in [4.78, 5) is 19.3. The molecule has 0 atom stereocenters. The zero-order valence-electron chi connectivity index (χ0n) is 19.9. The van der Waals surface area contributed by atoms with Crippen molar-refractivity contribution in [2.75, 3.05) is 49.1 Å². The number of ether oxygens (including phenoxy) is 1. The molecule has 1 saturated heterocycles. The molecule has 0 radical (unpaired) electrons. The standard InChI is InChI=1S/C28H28F3N3O2/c29-28(30,31)20-36-26-8-4-3-7-25(26)33-17-15-32(16-18-33)19-21-9-11-23(12-10-21)27(35)34-14-13-22-5-1-2-6-24(22)34/h1-12H,13-20H2. The lowest BCUT2D eigenvalue weighted by atomic mass is 10.1. The molecular formula is C28H28F3N3O2. The number of benzene rings is 3. The number of hydrogen-bond acceptors (Lipinski definition) is 4. The minimum absolute atomic E-state index is 0.0199. The van der Waals surface area contributed by atoms with Crippen LogP contribution in [0.15, 0.2) is 72.8 Å². The van der Waals surface area contributed by atoms with Gasteiger partial charge in [-0.3, -0.25) is 9.69 Å². The monoisotopic (exact) mass is 495 g/mol. The first-order valence-electron chi connectivity index (χ1n) is 12.1. The molecule has 0 N–H and O–H groups in total. The number of fused-ring (bicyclic) bond motifs is 1. The van der Waals surface area contributed by atoms with E-state index < -0.39 is 12.8 Å². The summed E-state index contributed by atoms with van der Waals surface area (Å²) in [6.45, 7) is 3.09. The van der Waals surface area contributed by atoms with Crippen LogP contribution in [0.1, 0.15) is 21.5 Å². The number of halogens is 3. The number of rotatable bonds is 6. The molecular weight excluding hydrogens is 467 g/mol. The molecule has 8 heteroatoms. The Hall–Kier alpha value is -3.52. The maximum Gasteiger partial charge on any atom is 0.422 e. The Morgan fingerprint density at radius 2 is 1.47 bits per heavy atom. The predicted molar refractivity (Wildman–Crippen MR) is 134 cm³/mol. The fourth-order valence-electron chi connectivity index (χ4n) is 4.86. The van der Waals surface area contributed by atoms with Crippen LogP contribution in [0.5, 0.6) is 5.75 Å². The summed E-state index contributed by atoms with van der Waals surface area (Å²) in [5, 5.41) is 0. The highest BCUT2D eigenvalue weighted by atomic mass is 19.4. The Labute approximate surface area is 208 Å². The van der Waals surface area contributed by atoms with E-state index in [1.54, 1.807) is 18.2 Å². The number of hydrogen-bond donors (Lipinski definition) is 0. The molecule has 1 fully saturated rings. The van der Waals surface area contributed by atoms with Gasteiger partial charge in [0.15, 0.2) is 6.61 Å². The first-order valence-corrected chi connectivity index (χ1v) is 12.1. The molecule has 1 amide bonds. The molecule has 3 aromatic carbocycles. The predicted octanol–water partition coefficient (Wildman–Crippen LogP) is 5.15. The Morgan fingerprint density at radius 3 is 2.19 bits per heavy atom. The Morgan fingerprint density at radius 1 is 0.806 bits per heavy atom. The van der Waals surface area contributed by atoms with Crippen LogP contribution in [0.25, 0.3) is 0 Å². The lowest BCUT2D eigenvalue weighted by molar-refractivity contribution is -0.153. The number of nitrogens with zero attached hydrogens (tertiary/aromatic N) is 3. The van der Waals surface area contributed by atoms with E-state index in [4.69, 9.17) is 4.74 Å². The van der Waals surface area contributed by atoms with Gasteiger partial charge in [-0.2, -0.15) is 13.2 Å². The van der Waals surface area contributed by atoms with Gasteiger partial charge in [-0.1, -0.05) is 42.5 Å². The van der Waals surface area contributed by atoms with E-state index in [0.717, 1.165) is 37.3 Å². The lowest BCUT2D eigenvalue weighted by Crippen LogP contribution is -2.46. The first kappa shape index (κ1) is 24.2. The van der Waals surface area contributed by atoms with Crippen LogP contribution in [0.2, 0.25) is 0 Å². The highest BCUT2D eigenvalue weighted by Gasteiger charge is 2.29. The molecule has 2 heterocycles. The van der Waals surface area contributed by atoms with Crippen LogP contribution in [0, 0.1) is 0 Å². The van der Waals surface area contributed by atoms with Crippen LogP contribution in [-0.4, -0.2) is 56.3 Å². The average molecular weight is 496 g/mol. The van der Waals surface area contributed by atoms with E-state index in [1.807, 2.05) is 53.4 Å². The third-order valence-electron chi connectivity index (χ3n) is 6.71. The molecule has 0 aromatic heterocycles. The Balaban J connectivity index is 1.16. The van der Waals surface area contributed by atoms with E-state index in [1.165, 1.54) is 5.56 Å². The highest BCUT2D eigenvalue weighted by molar-refractivity contribution is 6.07. The molecule has 2 aliphatic heterocycles. The molecule has 0 spiro atoms. The van der Waals surface area contributed by atoms with E-state index in [9.17, 15) is 18.0 Å². The number of carbonyl (C=O) groups excluding carboxylic acids is 1. The third kappa shape index (κ3) is 5.49. The van der Waals surface area contributed by atoms with Crippen LogP contribution >= 0.6 is 0 Å². The van der Waals surface area contributed by atoms with Gasteiger partial charge in [0.05, 0.1) is 5.69 Å². The van der Waals surface area contributed by atoms with Gasteiger partial charge in [-0.15, -0.1) is 0 Å². The molecule has 0 aliphatic carbocycles. The topological polar surface area (TPSA) is 36.0 Å². The second-order valence-corrected chi connectivity index (χ2v) is 9.17. The maximum atomic E-state index is 13.0. The summed E-state index contributed by atoms with van der Waals surface area (Å²) in [6, 6.07) is 22.7. The number of alkyl halides is 3. The number of piperazine rings is 1. The summed E-state index contributed by atoms with van der Waals surface area (Å²) in [7, 11) is 0. The average Bonchev–Trinajstić information content (AvgIpc) is 3.32. The minimum Gasteiger partial charge on any atom is -0.482 e. The Kier molecular flexibility index (Phi) is 6.87. The molecule has 0 bridgehead atoms. The zero-order chi connectivity index (χ0) is 25.1. The van der Waals surface area contributed by atoms with Crippen molar-refractivity contribution in [3.05, 3.63) is 89.5 Å². The largest absolute Gasteiger partial charge is 0.482 e. The molecule has 0 unspecified atom stereocenters. The van der Waals surface area contributed by atoms with Gasteiger partial charge in [0.25, 0.3) is 5.91 Å². The van der Waals surface area contributed by atoms with Crippen LogP contribution in [0.4, 0.5) is 24.5 Å². The van der Waals surface area contributed by atoms with Gasteiger partial charge in [0.1, 0.15) is 5.75 Å². The van der Waals surface area contributed by atoms with Crippen molar-refractivity contribution >= 4 is 17.3 Å². The summed E-state index contributed by atoms with van der Waals surface area (Å²) in [5.41, 5.74) is 4.69. The number of anilines is 2. The fourth-order valence-corrected chi connectivity index (χ4v) is 4.86. The van der Waals surface area contributed by atoms with Gasteiger partial charge in [0, 0.05) is 50.5 Å². The van der Waals surface area contributed by atoms with Crippen molar-refractivity contribution in [3.8, 4) is 5.75 Å². The summed E-state index contributed by atoms with van der Waals surface area (Å²) < 4.78 is 42.9. The second kappa shape index (κ2) is 10.2. The summed E-state index contributed by atoms with van der Waals surface area (Å²) in [6.07, 6.45) is -3.49. The molecule has 2 aliphatic rings. The fraction of sp³-hybridized carbons (Fsp3) is 0.321. The smallest absolute Gasteiger partial charge is 0.422 e. The van der Waals surface area contributed by atoms with Crippen LogP contribution in [-0.2, 0) is 13.0 Å². The van der Waals surface area contributed by atoms with E-state index >= 15 is 0 Å². The van der Waals surface area contributed by atoms with Crippen molar-refractivity contribution in [1.82, 2.24) is 4.90 Å². The van der Waals surface area contributed by atoms with E-state index in [2.05, 4.69) is 15.9 Å². The molecule has 36 heavy (non-hydrogen) atoms. The number of para-hydroxylation sites is 3. The minimum atomic E-state index is -4.37. The third-order valence-corrected chi connectivity index (χ3v) is 6.71. The Bertz CT molecular complexity index is 1210. The SMILES string of the molecule is O=C(c1ccc(CN2CCN(c3ccccc3OCC(F)(F)F)CC2)cc1)N1CCc2ccccc21. The molecule has 5 rings (SSSR count). The molecule has 0 saturated carbocycles. The van der Waals surface area contributed by atoms with Crippen molar-refractivity contribution in [1.29, 1.82) is 0 Å². The lowest BCUT2D eigenvalue weighted by Gasteiger charge is -2.36. The normalized spacial score (nSPS) is 16.2. The van der Waals surface area contributed by atoms with E-state index in [0.29, 0.717) is 30.9 Å². The number of amides is 1.